The van der Waals surface area contributed by atoms with E-state index in [9.17, 15) is 4.39 Å². The molecule has 0 aromatic carbocycles. The third kappa shape index (κ3) is 2.65. The highest BCUT2D eigenvalue weighted by Gasteiger charge is 2.16. The SMILES string of the molecule is CC=Cc1c(Cn2ccnc2-c2ncccc2F)ncn2c(C)nnc12. The minimum atomic E-state index is -0.412. The van der Waals surface area contributed by atoms with Gasteiger partial charge in [0.15, 0.2) is 17.3 Å². The van der Waals surface area contributed by atoms with Crippen LogP contribution in [0, 0.1) is 12.7 Å². The number of aromatic nitrogens is 7. The zero-order chi connectivity index (χ0) is 18.1. The number of halogens is 1. The highest BCUT2D eigenvalue weighted by Crippen LogP contribution is 2.21. The molecule has 0 aliphatic rings. The number of rotatable bonds is 4. The van der Waals surface area contributed by atoms with E-state index in [1.165, 1.54) is 6.07 Å². The monoisotopic (exact) mass is 349 g/mol. The van der Waals surface area contributed by atoms with E-state index in [2.05, 4.69) is 25.1 Å². The molecule has 4 heterocycles. The fraction of sp³-hybridized carbons (Fsp3) is 0.167. The quantitative estimate of drug-likeness (QED) is 0.566. The van der Waals surface area contributed by atoms with Gasteiger partial charge >= 0.3 is 0 Å². The normalized spacial score (nSPS) is 11.7. The number of allylic oxidation sites excluding steroid dienone is 1. The van der Waals surface area contributed by atoms with Crippen LogP contribution < -0.4 is 0 Å². The van der Waals surface area contributed by atoms with Crippen molar-refractivity contribution in [3.63, 3.8) is 0 Å². The summed E-state index contributed by atoms with van der Waals surface area (Å²) in [6.45, 7) is 4.22. The minimum absolute atomic E-state index is 0.212. The molecule has 0 spiro atoms. The van der Waals surface area contributed by atoms with Crippen molar-refractivity contribution in [2.45, 2.75) is 20.4 Å². The molecule has 0 bridgehead atoms. The van der Waals surface area contributed by atoms with Gasteiger partial charge in [0.05, 0.1) is 12.2 Å². The molecular formula is C18H16FN7. The van der Waals surface area contributed by atoms with Gasteiger partial charge in [-0.15, -0.1) is 10.2 Å². The van der Waals surface area contributed by atoms with Crippen LogP contribution in [0.3, 0.4) is 0 Å². The van der Waals surface area contributed by atoms with Crippen LogP contribution >= 0.6 is 0 Å². The van der Waals surface area contributed by atoms with Crippen LogP contribution in [0.25, 0.3) is 23.2 Å². The first-order valence-electron chi connectivity index (χ1n) is 8.13. The van der Waals surface area contributed by atoms with Gasteiger partial charge in [-0.05, 0) is 26.0 Å². The van der Waals surface area contributed by atoms with E-state index in [0.717, 1.165) is 22.7 Å². The molecule has 26 heavy (non-hydrogen) atoms. The lowest BCUT2D eigenvalue weighted by molar-refractivity contribution is 0.621. The Morgan fingerprint density at radius 1 is 1.15 bits per heavy atom. The first kappa shape index (κ1) is 16.1. The average Bonchev–Trinajstić information content (AvgIpc) is 3.25. The molecule has 130 valence electrons. The molecule has 0 aliphatic carbocycles. The Kier molecular flexibility index (Phi) is 4.00. The molecule has 0 saturated heterocycles. The number of aryl methyl sites for hydroxylation is 1. The molecule has 0 unspecified atom stereocenters. The summed E-state index contributed by atoms with van der Waals surface area (Å²) in [7, 11) is 0. The van der Waals surface area contributed by atoms with Crippen molar-refractivity contribution < 1.29 is 4.39 Å². The van der Waals surface area contributed by atoms with Gasteiger partial charge in [0, 0.05) is 24.2 Å². The maximum absolute atomic E-state index is 14.1. The predicted molar refractivity (Wildman–Crippen MR) is 94.7 cm³/mol. The van der Waals surface area contributed by atoms with E-state index >= 15 is 0 Å². The number of hydrogen-bond acceptors (Lipinski definition) is 5. The molecule has 0 saturated carbocycles. The fourth-order valence-electron chi connectivity index (χ4n) is 2.85. The molecule has 4 aromatic heterocycles. The van der Waals surface area contributed by atoms with Crippen LogP contribution in [-0.2, 0) is 6.54 Å². The summed E-state index contributed by atoms with van der Waals surface area (Å²) in [6, 6.07) is 2.93. The molecule has 8 heteroatoms. The third-order valence-electron chi connectivity index (χ3n) is 4.09. The van der Waals surface area contributed by atoms with Gasteiger partial charge in [-0.25, -0.2) is 19.3 Å². The Morgan fingerprint density at radius 3 is 2.85 bits per heavy atom. The van der Waals surface area contributed by atoms with Crippen LogP contribution in [0.5, 0.6) is 0 Å². The Labute approximate surface area is 148 Å². The van der Waals surface area contributed by atoms with E-state index in [4.69, 9.17) is 0 Å². The number of pyridine rings is 1. The number of imidazole rings is 1. The Morgan fingerprint density at radius 2 is 2.04 bits per heavy atom. The first-order valence-corrected chi connectivity index (χ1v) is 8.13. The zero-order valence-corrected chi connectivity index (χ0v) is 14.3. The lowest BCUT2D eigenvalue weighted by atomic mass is 10.2. The van der Waals surface area contributed by atoms with Crippen molar-refractivity contribution in [2.24, 2.45) is 0 Å². The van der Waals surface area contributed by atoms with Gasteiger partial charge in [-0.1, -0.05) is 12.2 Å². The molecule has 0 radical (unpaired) electrons. The van der Waals surface area contributed by atoms with Gasteiger partial charge in [0.1, 0.15) is 17.8 Å². The maximum Gasteiger partial charge on any atom is 0.171 e. The number of nitrogens with zero attached hydrogens (tertiary/aromatic N) is 7. The van der Waals surface area contributed by atoms with Crippen LogP contribution in [0.15, 0.2) is 43.1 Å². The zero-order valence-electron chi connectivity index (χ0n) is 14.3. The van der Waals surface area contributed by atoms with Crippen LogP contribution in [0.1, 0.15) is 24.0 Å². The topological polar surface area (TPSA) is 73.8 Å². The van der Waals surface area contributed by atoms with Crippen LogP contribution in [0.2, 0.25) is 0 Å². The summed E-state index contributed by atoms with van der Waals surface area (Å²) in [5, 5.41) is 8.36. The summed E-state index contributed by atoms with van der Waals surface area (Å²) in [4.78, 5) is 12.9. The highest BCUT2D eigenvalue weighted by atomic mass is 19.1. The molecule has 0 fully saturated rings. The smallest absolute Gasteiger partial charge is 0.171 e. The molecule has 0 amide bonds. The summed E-state index contributed by atoms with van der Waals surface area (Å²) < 4.78 is 17.8. The van der Waals surface area contributed by atoms with Crippen molar-refractivity contribution >= 4 is 11.7 Å². The molecule has 4 aromatic rings. The second kappa shape index (κ2) is 6.47. The summed E-state index contributed by atoms with van der Waals surface area (Å²) in [5.74, 6) is 0.808. The fourth-order valence-corrected chi connectivity index (χ4v) is 2.85. The second-order valence-electron chi connectivity index (χ2n) is 5.76. The van der Waals surface area contributed by atoms with Gasteiger partial charge in [-0.3, -0.25) is 4.40 Å². The lowest BCUT2D eigenvalue weighted by Gasteiger charge is -2.10. The van der Waals surface area contributed by atoms with Crippen molar-refractivity contribution in [2.75, 3.05) is 0 Å². The second-order valence-corrected chi connectivity index (χ2v) is 5.76. The Hall–Kier alpha value is -3.42. The van der Waals surface area contributed by atoms with E-state index in [-0.39, 0.29) is 5.69 Å². The maximum atomic E-state index is 14.1. The number of fused-ring (bicyclic) bond motifs is 1. The van der Waals surface area contributed by atoms with Gasteiger partial charge in [0.25, 0.3) is 0 Å². The third-order valence-corrected chi connectivity index (χ3v) is 4.09. The highest BCUT2D eigenvalue weighted by molar-refractivity contribution is 5.67. The Balaban J connectivity index is 1.81. The van der Waals surface area contributed by atoms with Gasteiger partial charge in [-0.2, -0.15) is 0 Å². The van der Waals surface area contributed by atoms with Crippen molar-refractivity contribution in [1.82, 2.24) is 34.1 Å². The molecule has 4 rings (SSSR count). The predicted octanol–water partition coefficient (Wildman–Crippen LogP) is 2.91. The van der Waals surface area contributed by atoms with Gasteiger partial charge < -0.3 is 4.57 Å². The standard InChI is InChI=1S/C18H16FN7/c1-3-5-13-15(22-11-26-12(2)23-24-17(13)26)10-25-9-8-21-18(25)16-14(19)6-4-7-20-16/h3-9,11H,10H2,1-2H3. The molecular weight excluding hydrogens is 333 g/mol. The molecule has 0 N–H and O–H groups in total. The van der Waals surface area contributed by atoms with Crippen LogP contribution in [-0.4, -0.2) is 34.1 Å². The largest absolute Gasteiger partial charge is 0.324 e. The van der Waals surface area contributed by atoms with E-state index in [1.807, 2.05) is 35.0 Å². The van der Waals surface area contributed by atoms with Crippen molar-refractivity contribution in [3.05, 3.63) is 66.0 Å². The molecule has 0 atom stereocenters. The first-order chi connectivity index (χ1) is 12.7. The minimum Gasteiger partial charge on any atom is -0.324 e. The molecule has 7 nitrogen and oxygen atoms in total. The number of hydrogen-bond donors (Lipinski definition) is 0. The van der Waals surface area contributed by atoms with E-state index in [1.54, 1.807) is 31.0 Å². The van der Waals surface area contributed by atoms with E-state index in [0.29, 0.717) is 12.4 Å². The van der Waals surface area contributed by atoms with E-state index < -0.39 is 5.82 Å². The summed E-state index contributed by atoms with van der Waals surface area (Å²) >= 11 is 0. The molecule has 0 aliphatic heterocycles. The Bertz CT molecular complexity index is 1110. The van der Waals surface area contributed by atoms with Crippen molar-refractivity contribution in [1.29, 1.82) is 0 Å². The summed E-state index contributed by atoms with van der Waals surface area (Å²) in [6.07, 6.45) is 10.5. The van der Waals surface area contributed by atoms with Crippen LogP contribution in [0.4, 0.5) is 4.39 Å². The van der Waals surface area contributed by atoms with Crippen molar-refractivity contribution in [3.8, 4) is 11.5 Å². The average molecular weight is 349 g/mol. The lowest BCUT2D eigenvalue weighted by Crippen LogP contribution is -2.08. The van der Waals surface area contributed by atoms with Gasteiger partial charge in [0.2, 0.25) is 0 Å². The summed E-state index contributed by atoms with van der Waals surface area (Å²) in [5.41, 5.74) is 2.61.